The number of esters is 1. The van der Waals surface area contributed by atoms with Crippen LogP contribution in [0.3, 0.4) is 0 Å². The molecule has 1 rings (SSSR count). The normalized spacial score (nSPS) is 22.1. The van der Waals surface area contributed by atoms with Crippen LogP contribution in [0.4, 0.5) is 0 Å². The Morgan fingerprint density at radius 2 is 1.92 bits per heavy atom. The molecule has 3 nitrogen and oxygen atoms in total. The Morgan fingerprint density at radius 1 is 1.24 bits per heavy atom. The van der Waals surface area contributed by atoms with Crippen LogP contribution in [0, 0.1) is 5.41 Å². The molecule has 25 heavy (non-hydrogen) atoms. The van der Waals surface area contributed by atoms with E-state index in [1.807, 2.05) is 25.2 Å². The average Bonchev–Trinajstić information content (AvgIpc) is 2.50. The maximum Gasteiger partial charge on any atom is 0.303 e. The van der Waals surface area contributed by atoms with Crippen LogP contribution in [0.2, 0.25) is 0 Å². The van der Waals surface area contributed by atoms with Gasteiger partial charge in [-0.2, -0.15) is 0 Å². The van der Waals surface area contributed by atoms with Gasteiger partial charge in [-0.15, -0.1) is 0 Å². The molecule has 0 aromatic heterocycles. The molecule has 1 N–H and O–H groups in total. The second kappa shape index (κ2) is 9.57. The molecule has 0 bridgehead atoms. The van der Waals surface area contributed by atoms with Crippen molar-refractivity contribution in [3.05, 3.63) is 58.7 Å². The SMILES string of the molecule is CC(=O)O[C@H]1CCC(C)(C)C(/C=C/C(C)=C/C=C/C(C)=C/CO)=C1C. The fraction of sp³-hybridized carbons (Fsp3) is 0.500. The van der Waals surface area contributed by atoms with Crippen molar-refractivity contribution in [1.82, 2.24) is 0 Å². The monoisotopic (exact) mass is 344 g/mol. The molecule has 138 valence electrons. The number of carbonyl (C=O) groups is 1. The third-order valence-corrected chi connectivity index (χ3v) is 4.62. The van der Waals surface area contributed by atoms with Gasteiger partial charge in [-0.05, 0) is 50.2 Å². The molecular formula is C22H32O3. The van der Waals surface area contributed by atoms with Crippen LogP contribution in [0.25, 0.3) is 0 Å². The highest BCUT2D eigenvalue weighted by Crippen LogP contribution is 2.42. The Kier molecular flexibility index (Phi) is 8.11. The first-order chi connectivity index (χ1) is 11.7. The third kappa shape index (κ3) is 6.87. The lowest BCUT2D eigenvalue weighted by atomic mass is 9.71. The maximum atomic E-state index is 11.3. The molecule has 0 aliphatic heterocycles. The Labute approximate surface area is 152 Å². The highest BCUT2D eigenvalue weighted by molar-refractivity contribution is 5.66. The van der Waals surface area contributed by atoms with Gasteiger partial charge in [-0.3, -0.25) is 4.79 Å². The number of rotatable bonds is 6. The summed E-state index contributed by atoms with van der Waals surface area (Å²) in [6.07, 6.45) is 13.8. The summed E-state index contributed by atoms with van der Waals surface area (Å²) in [5.41, 5.74) is 4.64. The number of allylic oxidation sites excluding steroid dienone is 8. The molecule has 3 heteroatoms. The molecule has 0 saturated carbocycles. The zero-order valence-electron chi connectivity index (χ0n) is 16.4. The van der Waals surface area contributed by atoms with Crippen molar-refractivity contribution in [3.63, 3.8) is 0 Å². The smallest absolute Gasteiger partial charge is 0.303 e. The van der Waals surface area contributed by atoms with Crippen LogP contribution >= 0.6 is 0 Å². The minimum absolute atomic E-state index is 0.0603. The van der Waals surface area contributed by atoms with Gasteiger partial charge in [0.1, 0.15) is 6.10 Å². The summed E-state index contributed by atoms with van der Waals surface area (Å²) >= 11 is 0. The van der Waals surface area contributed by atoms with E-state index < -0.39 is 0 Å². The molecule has 0 fully saturated rings. The number of ether oxygens (including phenoxy) is 1. The highest BCUT2D eigenvalue weighted by atomic mass is 16.5. The van der Waals surface area contributed by atoms with Crippen molar-refractivity contribution in [2.75, 3.05) is 6.61 Å². The largest absolute Gasteiger partial charge is 0.458 e. The molecule has 1 aliphatic carbocycles. The Hall–Kier alpha value is -1.87. The van der Waals surface area contributed by atoms with Crippen molar-refractivity contribution in [2.45, 2.75) is 60.5 Å². The molecule has 0 aromatic carbocycles. The van der Waals surface area contributed by atoms with Crippen LogP contribution in [-0.2, 0) is 9.53 Å². The van der Waals surface area contributed by atoms with Gasteiger partial charge in [0.15, 0.2) is 0 Å². The maximum absolute atomic E-state index is 11.3. The number of carbonyl (C=O) groups excluding carboxylic acids is 1. The molecule has 0 saturated heterocycles. The zero-order chi connectivity index (χ0) is 19.0. The van der Waals surface area contributed by atoms with E-state index in [1.165, 1.54) is 12.5 Å². The molecular weight excluding hydrogens is 312 g/mol. The topological polar surface area (TPSA) is 46.5 Å². The van der Waals surface area contributed by atoms with Gasteiger partial charge >= 0.3 is 5.97 Å². The highest BCUT2D eigenvalue weighted by Gasteiger charge is 2.33. The summed E-state index contributed by atoms with van der Waals surface area (Å²) < 4.78 is 5.46. The van der Waals surface area contributed by atoms with Crippen LogP contribution in [0.5, 0.6) is 0 Å². The Balaban J connectivity index is 2.97. The standard InChI is InChI=1S/C22H32O3/c1-16(8-7-9-17(2)13-15-23)10-11-20-18(3)21(25-19(4)24)12-14-22(20,5)6/h7-11,13,21,23H,12,14-15H2,1-6H3/b9-7+,11-10+,16-8+,17-13+/t21-/m0/s1. The minimum Gasteiger partial charge on any atom is -0.458 e. The van der Waals surface area contributed by atoms with Gasteiger partial charge in [0, 0.05) is 6.92 Å². The quantitative estimate of drug-likeness (QED) is 0.541. The summed E-state index contributed by atoms with van der Waals surface area (Å²) in [5.74, 6) is -0.222. The van der Waals surface area contributed by atoms with Crippen molar-refractivity contribution in [3.8, 4) is 0 Å². The minimum atomic E-state index is -0.222. The summed E-state index contributed by atoms with van der Waals surface area (Å²) in [5, 5.41) is 8.85. The third-order valence-electron chi connectivity index (χ3n) is 4.62. The Bertz CT molecular complexity index is 628. The lowest BCUT2D eigenvalue weighted by Crippen LogP contribution is -2.30. The number of aliphatic hydroxyl groups is 1. The van der Waals surface area contributed by atoms with Crippen molar-refractivity contribution in [1.29, 1.82) is 0 Å². The predicted molar refractivity (Wildman–Crippen MR) is 104 cm³/mol. The van der Waals surface area contributed by atoms with Crippen LogP contribution < -0.4 is 0 Å². The van der Waals surface area contributed by atoms with Crippen LogP contribution in [0.15, 0.2) is 58.7 Å². The van der Waals surface area contributed by atoms with E-state index in [2.05, 4.69) is 39.8 Å². The summed E-state index contributed by atoms with van der Waals surface area (Å²) in [6, 6.07) is 0. The van der Waals surface area contributed by atoms with Gasteiger partial charge < -0.3 is 9.84 Å². The molecule has 1 atom stereocenters. The lowest BCUT2D eigenvalue weighted by Gasteiger charge is -2.36. The zero-order valence-corrected chi connectivity index (χ0v) is 16.4. The van der Waals surface area contributed by atoms with Crippen molar-refractivity contribution in [2.24, 2.45) is 5.41 Å². The van der Waals surface area contributed by atoms with Crippen LogP contribution in [-0.4, -0.2) is 23.8 Å². The Morgan fingerprint density at radius 3 is 2.52 bits per heavy atom. The first-order valence-electron chi connectivity index (χ1n) is 8.86. The lowest BCUT2D eigenvalue weighted by molar-refractivity contribution is -0.145. The second-order valence-corrected chi connectivity index (χ2v) is 7.35. The van der Waals surface area contributed by atoms with E-state index >= 15 is 0 Å². The summed E-state index contributed by atoms with van der Waals surface area (Å²) in [6.45, 7) is 12.1. The van der Waals surface area contributed by atoms with E-state index in [0.29, 0.717) is 0 Å². The summed E-state index contributed by atoms with van der Waals surface area (Å²) in [4.78, 5) is 11.3. The first-order valence-corrected chi connectivity index (χ1v) is 8.86. The van der Waals surface area contributed by atoms with Gasteiger partial charge in [-0.25, -0.2) is 0 Å². The van der Waals surface area contributed by atoms with E-state index in [-0.39, 0.29) is 24.1 Å². The molecule has 0 radical (unpaired) electrons. The molecule has 1 aliphatic rings. The van der Waals surface area contributed by atoms with E-state index in [4.69, 9.17) is 9.84 Å². The predicted octanol–water partition coefficient (Wildman–Crippen LogP) is 5.05. The van der Waals surface area contributed by atoms with E-state index in [0.717, 1.165) is 29.6 Å². The van der Waals surface area contributed by atoms with Crippen molar-refractivity contribution >= 4 is 5.97 Å². The fourth-order valence-corrected chi connectivity index (χ4v) is 3.09. The summed E-state index contributed by atoms with van der Waals surface area (Å²) in [7, 11) is 0. The van der Waals surface area contributed by atoms with E-state index in [9.17, 15) is 4.79 Å². The first kappa shape index (κ1) is 21.2. The number of hydrogen-bond acceptors (Lipinski definition) is 3. The van der Waals surface area contributed by atoms with Gasteiger partial charge in [0.25, 0.3) is 0 Å². The molecule has 0 amide bonds. The molecule has 0 aromatic rings. The number of hydrogen-bond donors (Lipinski definition) is 1. The van der Waals surface area contributed by atoms with Gasteiger partial charge in [0.05, 0.1) is 6.61 Å². The molecule has 0 heterocycles. The average molecular weight is 344 g/mol. The molecule has 0 unspecified atom stereocenters. The fourth-order valence-electron chi connectivity index (χ4n) is 3.09. The van der Waals surface area contributed by atoms with Gasteiger partial charge in [-0.1, -0.05) is 61.4 Å². The second-order valence-electron chi connectivity index (χ2n) is 7.35. The van der Waals surface area contributed by atoms with Crippen molar-refractivity contribution < 1.29 is 14.6 Å². The molecule has 0 spiro atoms. The van der Waals surface area contributed by atoms with Gasteiger partial charge in [0.2, 0.25) is 0 Å². The number of aliphatic hydroxyl groups excluding tert-OH is 1. The van der Waals surface area contributed by atoms with Crippen LogP contribution in [0.1, 0.15) is 54.4 Å². The van der Waals surface area contributed by atoms with E-state index in [1.54, 1.807) is 6.08 Å².